The summed E-state index contributed by atoms with van der Waals surface area (Å²) >= 11 is 0. The summed E-state index contributed by atoms with van der Waals surface area (Å²) in [7, 11) is 0. The SMILES string of the molecule is Cc1cc(C)cc(C(=O)N2c3ccccc3C[C@H]2c2nc(C3CC3)no2)c1. The van der Waals surface area contributed by atoms with Crippen molar-refractivity contribution in [2.75, 3.05) is 4.90 Å². The number of anilines is 1. The third-order valence-corrected chi connectivity index (χ3v) is 5.35. The van der Waals surface area contributed by atoms with Crippen molar-refractivity contribution in [2.24, 2.45) is 0 Å². The van der Waals surface area contributed by atoms with Crippen LogP contribution < -0.4 is 4.90 Å². The Balaban J connectivity index is 1.57. The van der Waals surface area contributed by atoms with Gasteiger partial charge in [-0.3, -0.25) is 9.69 Å². The fourth-order valence-corrected chi connectivity index (χ4v) is 3.96. The molecule has 0 bridgehead atoms. The van der Waals surface area contributed by atoms with Crippen LogP contribution >= 0.6 is 0 Å². The van der Waals surface area contributed by atoms with Crippen LogP contribution in [0.25, 0.3) is 0 Å². The summed E-state index contributed by atoms with van der Waals surface area (Å²) in [5, 5.41) is 4.16. The van der Waals surface area contributed by atoms with Gasteiger partial charge in [-0.15, -0.1) is 0 Å². The first-order valence-corrected chi connectivity index (χ1v) is 9.43. The van der Waals surface area contributed by atoms with Gasteiger partial charge in [0.05, 0.1) is 0 Å². The molecule has 0 radical (unpaired) electrons. The number of amides is 1. The van der Waals surface area contributed by atoms with Crippen LogP contribution in [0.3, 0.4) is 0 Å². The van der Waals surface area contributed by atoms with Crippen molar-refractivity contribution in [3.63, 3.8) is 0 Å². The second-order valence-electron chi connectivity index (χ2n) is 7.67. The maximum absolute atomic E-state index is 13.5. The Morgan fingerprint density at radius 3 is 2.59 bits per heavy atom. The van der Waals surface area contributed by atoms with E-state index in [4.69, 9.17) is 4.52 Å². The zero-order valence-electron chi connectivity index (χ0n) is 15.5. The Hall–Kier alpha value is -2.95. The number of carbonyl (C=O) groups excluding carboxylic acids is 1. The van der Waals surface area contributed by atoms with Crippen molar-refractivity contribution in [1.82, 2.24) is 10.1 Å². The van der Waals surface area contributed by atoms with Crippen molar-refractivity contribution in [1.29, 1.82) is 0 Å². The summed E-state index contributed by atoms with van der Waals surface area (Å²) < 4.78 is 5.59. The van der Waals surface area contributed by atoms with E-state index >= 15 is 0 Å². The van der Waals surface area contributed by atoms with Crippen molar-refractivity contribution in [3.05, 3.63) is 76.4 Å². The first-order chi connectivity index (χ1) is 13.1. The van der Waals surface area contributed by atoms with E-state index in [-0.39, 0.29) is 11.9 Å². The highest BCUT2D eigenvalue weighted by atomic mass is 16.5. The van der Waals surface area contributed by atoms with E-state index in [9.17, 15) is 4.79 Å². The van der Waals surface area contributed by atoms with Crippen LogP contribution in [0.1, 0.15) is 63.6 Å². The zero-order chi connectivity index (χ0) is 18.5. The molecule has 27 heavy (non-hydrogen) atoms. The predicted octanol–water partition coefficient (Wildman–Crippen LogP) is 4.51. The molecule has 1 aliphatic carbocycles. The molecule has 5 heteroatoms. The minimum absolute atomic E-state index is 0.0251. The average molecular weight is 359 g/mol. The lowest BCUT2D eigenvalue weighted by Gasteiger charge is -2.23. The lowest BCUT2D eigenvalue weighted by molar-refractivity contribution is 0.0974. The molecule has 1 saturated carbocycles. The monoisotopic (exact) mass is 359 g/mol. The first kappa shape index (κ1) is 16.2. The van der Waals surface area contributed by atoms with Gasteiger partial charge >= 0.3 is 0 Å². The maximum Gasteiger partial charge on any atom is 0.259 e. The van der Waals surface area contributed by atoms with Gasteiger partial charge in [0.2, 0.25) is 5.89 Å². The van der Waals surface area contributed by atoms with E-state index in [1.807, 2.05) is 49.1 Å². The van der Waals surface area contributed by atoms with Crippen LogP contribution in [0.5, 0.6) is 0 Å². The molecular formula is C22H21N3O2. The van der Waals surface area contributed by atoms with Gasteiger partial charge in [0.25, 0.3) is 5.91 Å². The van der Waals surface area contributed by atoms with Crippen LogP contribution in [0.15, 0.2) is 47.0 Å². The summed E-state index contributed by atoms with van der Waals surface area (Å²) in [5.74, 6) is 1.71. The molecule has 1 aliphatic heterocycles. The topological polar surface area (TPSA) is 59.2 Å². The predicted molar refractivity (Wildman–Crippen MR) is 102 cm³/mol. The Morgan fingerprint density at radius 2 is 1.85 bits per heavy atom. The molecule has 3 aromatic rings. The summed E-state index contributed by atoms with van der Waals surface area (Å²) in [4.78, 5) is 19.9. The number of aromatic nitrogens is 2. The van der Waals surface area contributed by atoms with Gasteiger partial charge in [0.15, 0.2) is 5.82 Å². The Bertz CT molecular complexity index is 1020. The number of para-hydroxylation sites is 1. The van der Waals surface area contributed by atoms with Gasteiger partial charge in [0.1, 0.15) is 6.04 Å². The van der Waals surface area contributed by atoms with Crippen molar-refractivity contribution >= 4 is 11.6 Å². The van der Waals surface area contributed by atoms with Crippen LogP contribution in [0.4, 0.5) is 5.69 Å². The van der Waals surface area contributed by atoms with Crippen LogP contribution in [-0.2, 0) is 6.42 Å². The molecule has 0 unspecified atom stereocenters. The number of aryl methyl sites for hydroxylation is 2. The average Bonchev–Trinajstić information content (AvgIpc) is 3.25. The Morgan fingerprint density at radius 1 is 1.11 bits per heavy atom. The molecule has 0 N–H and O–H groups in total. The standard InChI is InChI=1S/C22H21N3O2/c1-13-9-14(2)11-17(10-13)22(26)25-18-6-4-3-5-16(18)12-19(25)21-23-20(24-27-21)15-7-8-15/h3-6,9-11,15,19H,7-8,12H2,1-2H3/t19-/m0/s1. The number of hydrogen-bond donors (Lipinski definition) is 0. The van der Waals surface area contributed by atoms with E-state index in [2.05, 4.69) is 22.3 Å². The van der Waals surface area contributed by atoms with Gasteiger partial charge in [-0.1, -0.05) is 40.5 Å². The van der Waals surface area contributed by atoms with Gasteiger partial charge in [-0.25, -0.2) is 0 Å². The quantitative estimate of drug-likeness (QED) is 0.690. The minimum Gasteiger partial charge on any atom is -0.337 e. The lowest BCUT2D eigenvalue weighted by atomic mass is 10.1. The lowest BCUT2D eigenvalue weighted by Crippen LogP contribution is -2.32. The van der Waals surface area contributed by atoms with E-state index in [0.29, 0.717) is 23.8 Å². The molecule has 1 amide bonds. The largest absolute Gasteiger partial charge is 0.337 e. The van der Waals surface area contributed by atoms with Crippen LogP contribution in [0, 0.1) is 13.8 Å². The van der Waals surface area contributed by atoms with Gasteiger partial charge in [-0.2, -0.15) is 4.98 Å². The van der Waals surface area contributed by atoms with Crippen molar-refractivity contribution in [3.8, 4) is 0 Å². The highest BCUT2D eigenvalue weighted by molar-refractivity contribution is 6.08. The molecule has 2 aromatic carbocycles. The molecular weight excluding hydrogens is 338 g/mol. The smallest absolute Gasteiger partial charge is 0.259 e. The van der Waals surface area contributed by atoms with Crippen molar-refractivity contribution < 1.29 is 9.32 Å². The van der Waals surface area contributed by atoms with Gasteiger partial charge in [-0.05, 0) is 50.5 Å². The molecule has 0 spiro atoms. The summed E-state index contributed by atoms with van der Waals surface area (Å²) in [6.07, 6.45) is 2.93. The summed E-state index contributed by atoms with van der Waals surface area (Å²) in [6.45, 7) is 4.03. The molecule has 1 atom stereocenters. The minimum atomic E-state index is -0.254. The van der Waals surface area contributed by atoms with Crippen molar-refractivity contribution in [2.45, 2.75) is 45.1 Å². The normalized spacial score (nSPS) is 18.6. The number of rotatable bonds is 3. The number of hydrogen-bond acceptors (Lipinski definition) is 4. The highest BCUT2D eigenvalue weighted by Gasteiger charge is 2.39. The third-order valence-electron chi connectivity index (χ3n) is 5.35. The first-order valence-electron chi connectivity index (χ1n) is 9.43. The molecule has 1 fully saturated rings. The van der Waals surface area contributed by atoms with Crippen LogP contribution in [-0.4, -0.2) is 16.0 Å². The van der Waals surface area contributed by atoms with Crippen LogP contribution in [0.2, 0.25) is 0 Å². The molecule has 1 aromatic heterocycles. The summed E-state index contributed by atoms with van der Waals surface area (Å²) in [5.41, 5.74) is 4.91. The second kappa shape index (κ2) is 6.05. The molecule has 5 rings (SSSR count). The molecule has 2 aliphatic rings. The van der Waals surface area contributed by atoms with Gasteiger partial charge in [0, 0.05) is 23.6 Å². The second-order valence-corrected chi connectivity index (χ2v) is 7.67. The molecule has 2 heterocycles. The third kappa shape index (κ3) is 2.83. The van der Waals surface area contributed by atoms with Gasteiger partial charge < -0.3 is 4.52 Å². The fraction of sp³-hybridized carbons (Fsp3) is 0.318. The molecule has 136 valence electrons. The maximum atomic E-state index is 13.5. The fourth-order valence-electron chi connectivity index (χ4n) is 3.96. The Kier molecular flexibility index (Phi) is 3.64. The highest BCUT2D eigenvalue weighted by Crippen LogP contribution is 2.43. The molecule has 0 saturated heterocycles. The van der Waals surface area contributed by atoms with E-state index in [0.717, 1.165) is 41.0 Å². The number of nitrogens with zero attached hydrogens (tertiary/aromatic N) is 3. The zero-order valence-corrected chi connectivity index (χ0v) is 15.5. The van der Waals surface area contributed by atoms with E-state index < -0.39 is 0 Å². The Labute approximate surface area is 158 Å². The van der Waals surface area contributed by atoms with E-state index in [1.165, 1.54) is 0 Å². The molecule has 5 nitrogen and oxygen atoms in total. The number of benzene rings is 2. The summed E-state index contributed by atoms with van der Waals surface area (Å²) in [6, 6.07) is 13.7. The number of carbonyl (C=O) groups is 1. The van der Waals surface area contributed by atoms with E-state index in [1.54, 1.807) is 0 Å². The number of fused-ring (bicyclic) bond motifs is 1.